The molecular weight excluding hydrogens is 288 g/mol. The number of piperidine rings is 1. The number of aliphatic hydroxyl groups excluding tert-OH is 1. The fourth-order valence-corrected chi connectivity index (χ4v) is 3.17. The summed E-state index contributed by atoms with van der Waals surface area (Å²) >= 11 is 1.32. The maximum Gasteiger partial charge on any atom is 0.267 e. The molecule has 21 heavy (non-hydrogen) atoms. The van der Waals surface area contributed by atoms with Crippen molar-refractivity contribution in [3.8, 4) is 0 Å². The number of thiazole rings is 1. The molecule has 118 valence electrons. The molecule has 0 aromatic carbocycles. The van der Waals surface area contributed by atoms with Crippen LogP contribution < -0.4 is 11.1 Å². The van der Waals surface area contributed by atoms with E-state index in [0.29, 0.717) is 40.8 Å². The Morgan fingerprint density at radius 3 is 2.76 bits per heavy atom. The van der Waals surface area contributed by atoms with Crippen molar-refractivity contribution >= 4 is 28.2 Å². The zero-order valence-corrected chi connectivity index (χ0v) is 13.4. The van der Waals surface area contributed by atoms with Crippen LogP contribution >= 0.6 is 11.3 Å². The van der Waals surface area contributed by atoms with Crippen LogP contribution in [0.2, 0.25) is 0 Å². The SMILES string of the molecule is CC(C)CNc1nc(N)c(C(=O)N2CCC(CO)CC2)s1. The van der Waals surface area contributed by atoms with Crippen molar-refractivity contribution in [1.29, 1.82) is 0 Å². The first-order valence-corrected chi connectivity index (χ1v) is 8.23. The first kappa shape index (κ1) is 16.0. The average Bonchev–Trinajstić information content (AvgIpc) is 2.85. The topological polar surface area (TPSA) is 91.5 Å². The van der Waals surface area contributed by atoms with Crippen molar-refractivity contribution in [3.63, 3.8) is 0 Å². The molecule has 4 N–H and O–H groups in total. The summed E-state index contributed by atoms with van der Waals surface area (Å²) in [5.74, 6) is 1.09. The van der Waals surface area contributed by atoms with Crippen molar-refractivity contribution < 1.29 is 9.90 Å². The Kier molecular flexibility index (Phi) is 5.41. The fraction of sp³-hybridized carbons (Fsp3) is 0.714. The zero-order valence-electron chi connectivity index (χ0n) is 12.6. The minimum absolute atomic E-state index is 0.0426. The highest BCUT2D eigenvalue weighted by Crippen LogP contribution is 2.28. The first-order valence-electron chi connectivity index (χ1n) is 7.41. The summed E-state index contributed by atoms with van der Waals surface area (Å²) in [5, 5.41) is 13.1. The van der Waals surface area contributed by atoms with Gasteiger partial charge in [0.2, 0.25) is 0 Å². The molecule has 0 atom stereocenters. The predicted octanol–water partition coefficient (Wildman–Crippen LogP) is 1.64. The van der Waals surface area contributed by atoms with E-state index < -0.39 is 0 Å². The van der Waals surface area contributed by atoms with Crippen LogP contribution in [0.3, 0.4) is 0 Å². The van der Waals surface area contributed by atoms with Gasteiger partial charge in [-0.25, -0.2) is 4.98 Å². The molecule has 1 aromatic heterocycles. The lowest BCUT2D eigenvalue weighted by Gasteiger charge is -2.30. The van der Waals surface area contributed by atoms with Gasteiger partial charge in [0.15, 0.2) is 5.13 Å². The Balaban J connectivity index is 1.99. The number of nitrogens with one attached hydrogen (secondary N) is 1. The highest BCUT2D eigenvalue weighted by Gasteiger charge is 2.26. The number of aliphatic hydroxyl groups is 1. The van der Waals surface area contributed by atoms with E-state index in [4.69, 9.17) is 10.8 Å². The number of nitrogen functional groups attached to an aromatic ring is 1. The van der Waals surface area contributed by atoms with Crippen LogP contribution in [-0.4, -0.2) is 47.1 Å². The van der Waals surface area contributed by atoms with Crippen molar-refractivity contribution in [2.75, 3.05) is 37.3 Å². The molecule has 0 radical (unpaired) electrons. The van der Waals surface area contributed by atoms with Gasteiger partial charge in [0.25, 0.3) is 5.91 Å². The molecule has 0 saturated carbocycles. The largest absolute Gasteiger partial charge is 0.396 e. The van der Waals surface area contributed by atoms with Crippen LogP contribution in [0.5, 0.6) is 0 Å². The quantitative estimate of drug-likeness (QED) is 0.769. The normalized spacial score (nSPS) is 16.5. The lowest BCUT2D eigenvalue weighted by Crippen LogP contribution is -2.39. The van der Waals surface area contributed by atoms with Crippen LogP contribution in [0.15, 0.2) is 0 Å². The fourth-order valence-electron chi connectivity index (χ4n) is 2.31. The van der Waals surface area contributed by atoms with Crippen LogP contribution in [-0.2, 0) is 0 Å². The smallest absolute Gasteiger partial charge is 0.267 e. The first-order chi connectivity index (χ1) is 10.0. The van der Waals surface area contributed by atoms with Crippen LogP contribution in [0.1, 0.15) is 36.4 Å². The Hall–Kier alpha value is -1.34. The summed E-state index contributed by atoms with van der Waals surface area (Å²) in [6.45, 7) is 6.59. The summed E-state index contributed by atoms with van der Waals surface area (Å²) in [6, 6.07) is 0. The molecule has 0 aliphatic carbocycles. The molecule has 1 aliphatic heterocycles. The summed E-state index contributed by atoms with van der Waals surface area (Å²) in [5.41, 5.74) is 5.88. The van der Waals surface area contributed by atoms with Crippen LogP contribution in [0.4, 0.5) is 10.9 Å². The van der Waals surface area contributed by atoms with Gasteiger partial charge in [-0.2, -0.15) is 0 Å². The number of hydrogen-bond acceptors (Lipinski definition) is 6. The zero-order chi connectivity index (χ0) is 15.4. The summed E-state index contributed by atoms with van der Waals surface area (Å²) < 4.78 is 0. The molecule has 1 aliphatic rings. The Morgan fingerprint density at radius 2 is 2.19 bits per heavy atom. The second kappa shape index (κ2) is 7.09. The molecule has 1 fully saturated rings. The molecule has 1 saturated heterocycles. The molecule has 1 aromatic rings. The number of carbonyl (C=O) groups excluding carboxylic acids is 1. The van der Waals surface area contributed by atoms with E-state index in [1.807, 2.05) is 4.90 Å². The average molecular weight is 312 g/mol. The van der Waals surface area contributed by atoms with Gasteiger partial charge in [-0.3, -0.25) is 4.79 Å². The number of amides is 1. The number of hydrogen-bond donors (Lipinski definition) is 3. The minimum atomic E-state index is -0.0426. The molecule has 7 heteroatoms. The van der Waals surface area contributed by atoms with E-state index in [-0.39, 0.29) is 12.5 Å². The number of nitrogens with two attached hydrogens (primary N) is 1. The van der Waals surface area contributed by atoms with Crippen molar-refractivity contribution in [1.82, 2.24) is 9.88 Å². The summed E-state index contributed by atoms with van der Waals surface area (Å²) in [4.78, 5) is 19.0. The highest BCUT2D eigenvalue weighted by molar-refractivity contribution is 7.18. The molecule has 2 heterocycles. The van der Waals surface area contributed by atoms with Crippen LogP contribution in [0, 0.1) is 11.8 Å². The maximum atomic E-state index is 12.5. The summed E-state index contributed by atoms with van der Waals surface area (Å²) in [7, 11) is 0. The monoisotopic (exact) mass is 312 g/mol. The van der Waals surface area contributed by atoms with E-state index in [9.17, 15) is 4.79 Å². The van der Waals surface area contributed by atoms with E-state index in [1.165, 1.54) is 11.3 Å². The predicted molar refractivity (Wildman–Crippen MR) is 85.6 cm³/mol. The molecule has 2 rings (SSSR count). The van der Waals surface area contributed by atoms with Gasteiger partial charge in [-0.05, 0) is 24.7 Å². The van der Waals surface area contributed by atoms with E-state index in [0.717, 1.165) is 19.4 Å². The number of anilines is 2. The maximum absolute atomic E-state index is 12.5. The molecule has 0 spiro atoms. The second-order valence-corrected chi connectivity index (χ2v) is 6.93. The van der Waals surface area contributed by atoms with Crippen molar-refractivity contribution in [2.24, 2.45) is 11.8 Å². The molecule has 0 unspecified atom stereocenters. The van der Waals surface area contributed by atoms with E-state index in [1.54, 1.807) is 0 Å². The third kappa shape index (κ3) is 4.07. The standard InChI is InChI=1S/C14H24N4O2S/c1-9(2)7-16-14-17-12(15)11(21-14)13(20)18-5-3-10(8-19)4-6-18/h9-10,19H,3-8,15H2,1-2H3,(H,16,17). The molecule has 6 nitrogen and oxygen atoms in total. The van der Waals surface area contributed by atoms with Gasteiger partial charge in [-0.1, -0.05) is 25.2 Å². The molecule has 0 bridgehead atoms. The Morgan fingerprint density at radius 1 is 1.52 bits per heavy atom. The van der Waals surface area contributed by atoms with Gasteiger partial charge in [-0.15, -0.1) is 0 Å². The second-order valence-electron chi connectivity index (χ2n) is 5.93. The van der Waals surface area contributed by atoms with Crippen molar-refractivity contribution in [3.05, 3.63) is 4.88 Å². The van der Waals surface area contributed by atoms with Crippen LogP contribution in [0.25, 0.3) is 0 Å². The van der Waals surface area contributed by atoms with E-state index in [2.05, 4.69) is 24.1 Å². The number of carbonyl (C=O) groups is 1. The third-order valence-corrected chi connectivity index (χ3v) is 4.69. The number of rotatable bonds is 5. The Labute approximate surface area is 129 Å². The van der Waals surface area contributed by atoms with Gasteiger partial charge in [0, 0.05) is 26.2 Å². The molecular formula is C14H24N4O2S. The third-order valence-electron chi connectivity index (χ3n) is 3.67. The van der Waals surface area contributed by atoms with Gasteiger partial charge in [0.1, 0.15) is 10.7 Å². The number of nitrogens with zero attached hydrogens (tertiary/aromatic N) is 2. The number of aromatic nitrogens is 1. The van der Waals surface area contributed by atoms with Gasteiger partial charge < -0.3 is 21.1 Å². The van der Waals surface area contributed by atoms with E-state index >= 15 is 0 Å². The van der Waals surface area contributed by atoms with Gasteiger partial charge in [0.05, 0.1) is 0 Å². The van der Waals surface area contributed by atoms with Gasteiger partial charge >= 0.3 is 0 Å². The highest BCUT2D eigenvalue weighted by atomic mass is 32.1. The summed E-state index contributed by atoms with van der Waals surface area (Å²) in [6.07, 6.45) is 1.69. The minimum Gasteiger partial charge on any atom is -0.396 e. The lowest BCUT2D eigenvalue weighted by atomic mass is 9.98. The lowest BCUT2D eigenvalue weighted by molar-refractivity contribution is 0.0656. The molecule has 1 amide bonds. The Bertz CT molecular complexity index is 481. The van der Waals surface area contributed by atoms with Crippen molar-refractivity contribution in [2.45, 2.75) is 26.7 Å². The number of likely N-dealkylation sites (tertiary alicyclic amines) is 1.